The Morgan fingerprint density at radius 2 is 2.23 bits per heavy atom. The highest BCUT2D eigenvalue weighted by Crippen LogP contribution is 2.30. The van der Waals surface area contributed by atoms with Crippen molar-refractivity contribution in [3.8, 4) is 0 Å². The quantitative estimate of drug-likeness (QED) is 0.798. The molecule has 0 aromatic carbocycles. The molecule has 0 radical (unpaired) electrons. The van der Waals surface area contributed by atoms with E-state index in [0.717, 1.165) is 0 Å². The predicted molar refractivity (Wildman–Crippen MR) is 42.7 cm³/mol. The van der Waals surface area contributed by atoms with Gasteiger partial charge in [0.05, 0.1) is 0 Å². The third kappa shape index (κ3) is 2.18. The molecule has 1 atom stereocenters. The summed E-state index contributed by atoms with van der Waals surface area (Å²) in [5, 5.41) is 8.31. The van der Waals surface area contributed by atoms with Gasteiger partial charge in [0.2, 0.25) is 0 Å². The van der Waals surface area contributed by atoms with E-state index in [-0.39, 0.29) is 11.0 Å². The molecule has 0 aliphatic rings. The number of nitrogens with two attached hydrogens (primary N) is 1. The summed E-state index contributed by atoms with van der Waals surface area (Å²) in [4.78, 5) is 0. The Balaban J connectivity index is 2.84. The fourth-order valence-electron chi connectivity index (χ4n) is 0.802. The molecular formula is C7H8ClF2NO2. The lowest BCUT2D eigenvalue weighted by Crippen LogP contribution is -2.35. The predicted octanol–water partition coefficient (Wildman–Crippen LogP) is 1.56. The molecule has 1 rings (SSSR count). The van der Waals surface area contributed by atoms with Crippen molar-refractivity contribution in [1.82, 2.24) is 0 Å². The maximum atomic E-state index is 12.8. The van der Waals surface area contributed by atoms with Crippen molar-refractivity contribution in [3.05, 3.63) is 23.1 Å². The molecule has 1 aromatic heterocycles. The number of aliphatic hydroxyl groups excluding tert-OH is 1. The van der Waals surface area contributed by atoms with E-state index in [2.05, 4.69) is 4.42 Å². The zero-order chi connectivity index (χ0) is 10.1. The van der Waals surface area contributed by atoms with Crippen LogP contribution in [0.1, 0.15) is 11.8 Å². The van der Waals surface area contributed by atoms with Gasteiger partial charge in [-0.05, 0) is 23.7 Å². The van der Waals surface area contributed by atoms with Crippen LogP contribution in [0.15, 0.2) is 16.5 Å². The molecule has 0 aliphatic heterocycles. The van der Waals surface area contributed by atoms with Gasteiger partial charge >= 0.3 is 0 Å². The average Bonchev–Trinajstić information content (AvgIpc) is 2.50. The number of aliphatic hydroxyl groups is 1. The minimum absolute atomic E-state index is 0.0146. The lowest BCUT2D eigenvalue weighted by molar-refractivity contribution is -0.0754. The van der Waals surface area contributed by atoms with Crippen molar-refractivity contribution >= 4 is 11.6 Å². The minimum atomic E-state index is -3.40. The van der Waals surface area contributed by atoms with Gasteiger partial charge in [-0.25, -0.2) is 8.78 Å². The molecule has 0 fully saturated rings. The molecule has 3 nitrogen and oxygen atoms in total. The fourth-order valence-corrected chi connectivity index (χ4v) is 0.954. The Hall–Kier alpha value is -0.650. The maximum Gasteiger partial charge on any atom is 0.292 e. The number of hydrogen-bond acceptors (Lipinski definition) is 3. The molecule has 3 N–H and O–H groups in total. The third-order valence-corrected chi connectivity index (χ3v) is 1.77. The van der Waals surface area contributed by atoms with Crippen molar-refractivity contribution in [3.63, 3.8) is 0 Å². The standard InChI is InChI=1S/C7H8ClF2NO2/c8-5-2-1-4(13-5)6(11)7(9,10)3-12/h1-2,6,12H,3,11H2. The summed E-state index contributed by atoms with van der Waals surface area (Å²) in [5.41, 5.74) is 5.13. The van der Waals surface area contributed by atoms with E-state index in [0.29, 0.717) is 0 Å². The van der Waals surface area contributed by atoms with Gasteiger partial charge in [-0.1, -0.05) is 0 Å². The third-order valence-electron chi connectivity index (χ3n) is 1.57. The SMILES string of the molecule is NC(c1ccc(Cl)o1)C(F)(F)CO. The van der Waals surface area contributed by atoms with Crippen molar-refractivity contribution in [2.75, 3.05) is 6.61 Å². The molecule has 6 heteroatoms. The fraction of sp³-hybridized carbons (Fsp3) is 0.429. The van der Waals surface area contributed by atoms with Crippen LogP contribution in [-0.2, 0) is 0 Å². The van der Waals surface area contributed by atoms with Gasteiger partial charge < -0.3 is 15.3 Å². The summed E-state index contributed by atoms with van der Waals surface area (Å²) in [7, 11) is 0. The van der Waals surface area contributed by atoms with Crippen molar-refractivity contribution in [2.24, 2.45) is 5.73 Å². The van der Waals surface area contributed by atoms with Crippen molar-refractivity contribution in [2.45, 2.75) is 12.0 Å². The number of hydrogen-bond donors (Lipinski definition) is 2. The van der Waals surface area contributed by atoms with E-state index < -0.39 is 18.6 Å². The molecule has 0 saturated heterocycles. The number of furan rings is 1. The van der Waals surface area contributed by atoms with E-state index in [4.69, 9.17) is 22.4 Å². The first-order chi connectivity index (χ1) is 5.97. The van der Waals surface area contributed by atoms with Gasteiger partial charge in [0.1, 0.15) is 18.4 Å². The molecule has 0 bridgehead atoms. The lowest BCUT2D eigenvalue weighted by Gasteiger charge is -2.18. The van der Waals surface area contributed by atoms with Crippen LogP contribution in [0.3, 0.4) is 0 Å². The number of halogens is 3. The minimum Gasteiger partial charge on any atom is -0.448 e. The first-order valence-electron chi connectivity index (χ1n) is 3.47. The molecule has 0 spiro atoms. The molecule has 1 heterocycles. The molecule has 1 aromatic rings. The van der Waals surface area contributed by atoms with Gasteiger partial charge in [0.15, 0.2) is 5.22 Å². The van der Waals surface area contributed by atoms with Crippen LogP contribution in [0.5, 0.6) is 0 Å². The largest absolute Gasteiger partial charge is 0.448 e. The number of alkyl halides is 2. The van der Waals surface area contributed by atoms with Crippen molar-refractivity contribution < 1.29 is 18.3 Å². The van der Waals surface area contributed by atoms with Crippen LogP contribution in [-0.4, -0.2) is 17.6 Å². The first-order valence-corrected chi connectivity index (χ1v) is 3.84. The summed E-state index contributed by atoms with van der Waals surface area (Å²) in [6.45, 7) is -1.33. The Labute approximate surface area is 78.1 Å². The molecule has 13 heavy (non-hydrogen) atoms. The molecule has 0 saturated carbocycles. The second-order valence-corrected chi connectivity index (χ2v) is 2.91. The van der Waals surface area contributed by atoms with Crippen LogP contribution in [0, 0.1) is 0 Å². The van der Waals surface area contributed by atoms with Crippen molar-refractivity contribution in [1.29, 1.82) is 0 Å². The summed E-state index contributed by atoms with van der Waals surface area (Å²) in [6.07, 6.45) is 0. The Morgan fingerprint density at radius 1 is 1.62 bits per heavy atom. The molecule has 0 aliphatic carbocycles. The number of rotatable bonds is 3. The van der Waals surface area contributed by atoms with Gasteiger partial charge in [-0.3, -0.25) is 0 Å². The van der Waals surface area contributed by atoms with E-state index >= 15 is 0 Å². The normalized spacial score (nSPS) is 14.5. The zero-order valence-electron chi connectivity index (χ0n) is 6.51. The monoisotopic (exact) mass is 211 g/mol. The first kappa shape index (κ1) is 10.4. The average molecular weight is 212 g/mol. The zero-order valence-corrected chi connectivity index (χ0v) is 7.26. The van der Waals surface area contributed by atoms with E-state index in [1.807, 2.05) is 0 Å². The van der Waals surface area contributed by atoms with Gasteiger partial charge in [-0.2, -0.15) is 0 Å². The van der Waals surface area contributed by atoms with Crippen LogP contribution in [0.4, 0.5) is 8.78 Å². The Kier molecular flexibility index (Phi) is 2.90. The maximum absolute atomic E-state index is 12.8. The summed E-state index contributed by atoms with van der Waals surface area (Å²) in [5.74, 6) is -3.55. The summed E-state index contributed by atoms with van der Waals surface area (Å²) >= 11 is 5.37. The van der Waals surface area contributed by atoms with Gasteiger partial charge in [0, 0.05) is 0 Å². The second kappa shape index (κ2) is 3.61. The highest BCUT2D eigenvalue weighted by molar-refractivity contribution is 6.28. The van der Waals surface area contributed by atoms with E-state index in [1.54, 1.807) is 0 Å². The smallest absolute Gasteiger partial charge is 0.292 e. The van der Waals surface area contributed by atoms with E-state index in [9.17, 15) is 8.78 Å². The van der Waals surface area contributed by atoms with Crippen LogP contribution in [0.2, 0.25) is 5.22 Å². The van der Waals surface area contributed by atoms with Crippen LogP contribution < -0.4 is 5.73 Å². The molecule has 74 valence electrons. The Morgan fingerprint density at radius 3 is 2.62 bits per heavy atom. The van der Waals surface area contributed by atoms with Crippen LogP contribution >= 0.6 is 11.6 Å². The van der Waals surface area contributed by atoms with Crippen LogP contribution in [0.25, 0.3) is 0 Å². The van der Waals surface area contributed by atoms with Gasteiger partial charge in [-0.15, -0.1) is 0 Å². The van der Waals surface area contributed by atoms with E-state index in [1.165, 1.54) is 12.1 Å². The summed E-state index contributed by atoms with van der Waals surface area (Å²) in [6, 6.07) is 0.880. The lowest BCUT2D eigenvalue weighted by atomic mass is 10.1. The van der Waals surface area contributed by atoms with Gasteiger partial charge in [0.25, 0.3) is 5.92 Å². The highest BCUT2D eigenvalue weighted by atomic mass is 35.5. The molecular weight excluding hydrogens is 204 g/mol. The summed E-state index contributed by atoms with van der Waals surface area (Å²) < 4.78 is 30.2. The molecule has 1 unspecified atom stereocenters. The highest BCUT2D eigenvalue weighted by Gasteiger charge is 2.39. The topological polar surface area (TPSA) is 59.4 Å². The molecule has 0 amide bonds. The Bertz CT molecular complexity index is 290. The second-order valence-electron chi connectivity index (χ2n) is 2.54.